The van der Waals surface area contributed by atoms with Gasteiger partial charge in [-0.15, -0.1) is 0 Å². The predicted molar refractivity (Wildman–Crippen MR) is 81.5 cm³/mol. The van der Waals surface area contributed by atoms with Crippen LogP contribution in [0.25, 0.3) is 0 Å². The lowest BCUT2D eigenvalue weighted by Gasteiger charge is -2.20. The number of pyridine rings is 1. The van der Waals surface area contributed by atoms with Gasteiger partial charge in [0.1, 0.15) is 18.6 Å². The summed E-state index contributed by atoms with van der Waals surface area (Å²) in [5.41, 5.74) is -0.0514. The minimum absolute atomic E-state index is 0.0514. The van der Waals surface area contributed by atoms with Crippen molar-refractivity contribution in [2.24, 2.45) is 5.92 Å². The van der Waals surface area contributed by atoms with Crippen LogP contribution in [0.3, 0.4) is 0 Å². The molecular formula is C15H21N3O4. The summed E-state index contributed by atoms with van der Waals surface area (Å²) in [5, 5.41) is 13.5. The molecule has 1 aromatic heterocycles. The van der Waals surface area contributed by atoms with Crippen molar-refractivity contribution in [3.8, 4) is 0 Å². The number of nitro groups is 1. The van der Waals surface area contributed by atoms with E-state index in [0.717, 1.165) is 12.8 Å². The Balaban J connectivity index is 1.61. The Morgan fingerprint density at radius 3 is 2.77 bits per heavy atom. The Hall–Kier alpha value is -2.18. The third-order valence-corrected chi connectivity index (χ3v) is 3.81. The zero-order valence-corrected chi connectivity index (χ0v) is 12.5. The van der Waals surface area contributed by atoms with Crippen LogP contribution in [0.4, 0.5) is 11.5 Å². The lowest BCUT2D eigenvalue weighted by atomic mass is 9.87. The third kappa shape index (κ3) is 5.31. The second-order valence-electron chi connectivity index (χ2n) is 5.51. The number of hydrogen-bond donors (Lipinski definition) is 1. The molecule has 22 heavy (non-hydrogen) atoms. The van der Waals surface area contributed by atoms with Crippen molar-refractivity contribution in [3.05, 3.63) is 28.4 Å². The summed E-state index contributed by atoms with van der Waals surface area (Å²) in [5.74, 6) is 0.852. The molecule has 2 rings (SSSR count). The zero-order valence-electron chi connectivity index (χ0n) is 12.5. The number of ether oxygens (including phenoxy) is 1. The van der Waals surface area contributed by atoms with E-state index >= 15 is 0 Å². The molecule has 1 heterocycles. The van der Waals surface area contributed by atoms with Gasteiger partial charge in [0.05, 0.1) is 11.5 Å². The molecule has 0 unspecified atom stereocenters. The molecule has 1 aliphatic rings. The molecule has 1 fully saturated rings. The van der Waals surface area contributed by atoms with E-state index in [0.29, 0.717) is 24.7 Å². The number of carbonyl (C=O) groups is 1. The number of esters is 1. The molecule has 1 aromatic rings. The van der Waals surface area contributed by atoms with E-state index in [4.69, 9.17) is 4.74 Å². The van der Waals surface area contributed by atoms with Crippen LogP contribution >= 0.6 is 0 Å². The van der Waals surface area contributed by atoms with E-state index in [1.165, 1.54) is 37.6 Å². The Kier molecular flexibility index (Phi) is 6.12. The molecule has 0 spiro atoms. The van der Waals surface area contributed by atoms with Crippen LogP contribution in [0.2, 0.25) is 0 Å². The second-order valence-corrected chi connectivity index (χ2v) is 5.51. The van der Waals surface area contributed by atoms with Gasteiger partial charge in [-0.25, -0.2) is 4.98 Å². The number of carbonyl (C=O) groups excluding carboxylic acids is 1. The number of rotatable bonds is 7. The number of hydrogen-bond acceptors (Lipinski definition) is 6. The fourth-order valence-electron chi connectivity index (χ4n) is 2.63. The maximum Gasteiger partial charge on any atom is 0.306 e. The fraction of sp³-hybridized carbons (Fsp3) is 0.600. The molecule has 7 heteroatoms. The van der Waals surface area contributed by atoms with E-state index in [1.807, 2.05) is 0 Å². The van der Waals surface area contributed by atoms with Gasteiger partial charge < -0.3 is 10.1 Å². The summed E-state index contributed by atoms with van der Waals surface area (Å²) >= 11 is 0. The molecule has 120 valence electrons. The van der Waals surface area contributed by atoms with Gasteiger partial charge in [-0.3, -0.25) is 14.9 Å². The lowest BCUT2D eigenvalue weighted by molar-refractivity contribution is -0.385. The topological polar surface area (TPSA) is 94.4 Å². The summed E-state index contributed by atoms with van der Waals surface area (Å²) in [7, 11) is 0. The van der Waals surface area contributed by atoms with Crippen LogP contribution in [0.15, 0.2) is 18.3 Å². The van der Waals surface area contributed by atoms with Gasteiger partial charge in [0, 0.05) is 12.5 Å². The van der Waals surface area contributed by atoms with Crippen molar-refractivity contribution in [2.75, 3.05) is 18.5 Å². The average molecular weight is 307 g/mol. The standard InChI is InChI=1S/C15H21N3O4/c19-15(10-12-4-2-1-3-5-12)22-9-8-16-14-7-6-13(11-17-14)18(20)21/h6-7,11-12H,1-5,8-10H2,(H,16,17). The molecule has 0 saturated heterocycles. The molecule has 0 aliphatic heterocycles. The first kappa shape index (κ1) is 16.2. The summed E-state index contributed by atoms with van der Waals surface area (Å²) in [6, 6.07) is 2.91. The lowest BCUT2D eigenvalue weighted by Crippen LogP contribution is -2.18. The first-order valence-corrected chi connectivity index (χ1v) is 7.65. The quantitative estimate of drug-likeness (QED) is 0.360. The van der Waals surface area contributed by atoms with Crippen molar-refractivity contribution in [3.63, 3.8) is 0 Å². The SMILES string of the molecule is O=C(CC1CCCCC1)OCCNc1ccc([N+](=O)[O-])cn1. The van der Waals surface area contributed by atoms with Crippen LogP contribution in [-0.2, 0) is 9.53 Å². The van der Waals surface area contributed by atoms with Gasteiger partial charge in [0.2, 0.25) is 0 Å². The van der Waals surface area contributed by atoms with Crippen LogP contribution in [0.1, 0.15) is 38.5 Å². The molecule has 1 N–H and O–H groups in total. The highest BCUT2D eigenvalue weighted by atomic mass is 16.6. The number of anilines is 1. The minimum atomic E-state index is -0.496. The Morgan fingerprint density at radius 1 is 1.36 bits per heavy atom. The highest BCUT2D eigenvalue weighted by Crippen LogP contribution is 2.26. The molecule has 7 nitrogen and oxygen atoms in total. The van der Waals surface area contributed by atoms with Gasteiger partial charge in [-0.05, 0) is 24.8 Å². The maximum atomic E-state index is 11.7. The molecule has 0 amide bonds. The summed E-state index contributed by atoms with van der Waals surface area (Å²) in [4.78, 5) is 25.6. The van der Waals surface area contributed by atoms with Crippen LogP contribution in [0, 0.1) is 16.0 Å². The summed E-state index contributed by atoms with van der Waals surface area (Å²) < 4.78 is 5.19. The van der Waals surface area contributed by atoms with Crippen LogP contribution in [0.5, 0.6) is 0 Å². The van der Waals surface area contributed by atoms with Crippen molar-refractivity contribution < 1.29 is 14.5 Å². The Labute approximate surface area is 129 Å². The van der Waals surface area contributed by atoms with Crippen LogP contribution in [-0.4, -0.2) is 29.0 Å². The van der Waals surface area contributed by atoms with E-state index in [1.54, 1.807) is 0 Å². The van der Waals surface area contributed by atoms with E-state index in [-0.39, 0.29) is 18.3 Å². The Morgan fingerprint density at radius 2 is 2.14 bits per heavy atom. The first-order chi connectivity index (χ1) is 10.6. The summed E-state index contributed by atoms with van der Waals surface area (Å²) in [6.07, 6.45) is 7.65. The van der Waals surface area contributed by atoms with Crippen molar-refractivity contribution >= 4 is 17.5 Å². The van der Waals surface area contributed by atoms with Crippen molar-refractivity contribution in [2.45, 2.75) is 38.5 Å². The molecule has 0 bridgehead atoms. The largest absolute Gasteiger partial charge is 0.464 e. The number of aromatic nitrogens is 1. The highest BCUT2D eigenvalue weighted by Gasteiger charge is 2.17. The normalized spacial score (nSPS) is 15.3. The van der Waals surface area contributed by atoms with E-state index in [2.05, 4.69) is 10.3 Å². The summed E-state index contributed by atoms with van der Waals surface area (Å²) in [6.45, 7) is 0.700. The predicted octanol–water partition coefficient (Wildman–Crippen LogP) is 2.92. The molecular weight excluding hydrogens is 286 g/mol. The van der Waals surface area contributed by atoms with Crippen molar-refractivity contribution in [1.29, 1.82) is 0 Å². The Bertz CT molecular complexity index is 498. The first-order valence-electron chi connectivity index (χ1n) is 7.65. The van der Waals surface area contributed by atoms with Gasteiger partial charge in [-0.1, -0.05) is 19.3 Å². The average Bonchev–Trinajstić information content (AvgIpc) is 2.53. The number of nitrogens with zero attached hydrogens (tertiary/aromatic N) is 2. The molecule has 0 aromatic carbocycles. The monoisotopic (exact) mass is 307 g/mol. The second kappa shape index (κ2) is 8.31. The van der Waals surface area contributed by atoms with Crippen LogP contribution < -0.4 is 5.32 Å². The highest BCUT2D eigenvalue weighted by molar-refractivity contribution is 5.69. The molecule has 1 saturated carbocycles. The molecule has 0 atom stereocenters. The molecule has 0 radical (unpaired) electrons. The molecule has 1 aliphatic carbocycles. The van der Waals surface area contributed by atoms with Crippen molar-refractivity contribution in [1.82, 2.24) is 4.98 Å². The van der Waals surface area contributed by atoms with E-state index < -0.39 is 4.92 Å². The fourth-order valence-corrected chi connectivity index (χ4v) is 2.63. The van der Waals surface area contributed by atoms with Gasteiger partial charge in [0.25, 0.3) is 5.69 Å². The van der Waals surface area contributed by atoms with E-state index in [9.17, 15) is 14.9 Å². The smallest absolute Gasteiger partial charge is 0.306 e. The minimum Gasteiger partial charge on any atom is -0.464 e. The van der Waals surface area contributed by atoms with Gasteiger partial charge >= 0.3 is 5.97 Å². The number of nitrogens with one attached hydrogen (secondary N) is 1. The zero-order chi connectivity index (χ0) is 15.8. The van der Waals surface area contributed by atoms with Gasteiger partial charge in [-0.2, -0.15) is 0 Å². The maximum absolute atomic E-state index is 11.7. The van der Waals surface area contributed by atoms with Gasteiger partial charge in [0.15, 0.2) is 0 Å². The third-order valence-electron chi connectivity index (χ3n) is 3.81.